The predicted octanol–water partition coefficient (Wildman–Crippen LogP) is 2.46. The number of hydrogen-bond acceptors (Lipinski definition) is 6. The first-order chi connectivity index (χ1) is 12.5. The Hall–Kier alpha value is -1.20. The summed E-state index contributed by atoms with van der Waals surface area (Å²) >= 11 is 5.63. The molecule has 0 saturated carbocycles. The lowest BCUT2D eigenvalue weighted by atomic mass is 10.0. The van der Waals surface area contributed by atoms with Gasteiger partial charge >= 0.3 is 0 Å². The number of nitrogens with one attached hydrogen (secondary N) is 2. The maximum absolute atomic E-state index is 13.3. The molecule has 0 aliphatic carbocycles. The first-order valence-electron chi connectivity index (χ1n) is 7.84. The van der Waals surface area contributed by atoms with Crippen molar-refractivity contribution >= 4 is 46.1 Å². The molecule has 1 amide bonds. The molecule has 0 radical (unpaired) electrons. The van der Waals surface area contributed by atoms with E-state index in [1.54, 1.807) is 0 Å². The summed E-state index contributed by atoms with van der Waals surface area (Å²) in [7, 11) is 0. The second kappa shape index (κ2) is 8.66. The lowest BCUT2D eigenvalue weighted by molar-refractivity contribution is -0.120. The quantitative estimate of drug-likeness (QED) is 0.650. The van der Waals surface area contributed by atoms with Crippen molar-refractivity contribution in [2.24, 2.45) is 0 Å². The standard InChI is InChI=1S/C16H17ClFN3O3S2/c17-11-8-10(3-4-12(11)18)19-16(23)14-9-13(15-2-1-7-25-15)20-26(24)21(14)5-6-22/h1-4,7-8,13-14,20,22H,5-6,9H2,(H,19,23). The Morgan fingerprint density at radius 3 is 3.00 bits per heavy atom. The molecule has 1 aliphatic rings. The van der Waals surface area contributed by atoms with Gasteiger partial charge in [0.1, 0.15) is 23.4 Å². The number of nitrogens with zero attached hydrogens (tertiary/aromatic N) is 1. The van der Waals surface area contributed by atoms with Crippen molar-refractivity contribution in [1.82, 2.24) is 9.03 Å². The molecule has 26 heavy (non-hydrogen) atoms. The van der Waals surface area contributed by atoms with Crippen LogP contribution >= 0.6 is 22.9 Å². The van der Waals surface area contributed by atoms with E-state index in [1.165, 1.54) is 33.8 Å². The average Bonchev–Trinajstić information content (AvgIpc) is 3.14. The van der Waals surface area contributed by atoms with Crippen molar-refractivity contribution in [3.05, 3.63) is 51.4 Å². The summed E-state index contributed by atoms with van der Waals surface area (Å²) in [5, 5.41) is 13.7. The van der Waals surface area contributed by atoms with E-state index in [0.29, 0.717) is 12.1 Å². The van der Waals surface area contributed by atoms with Crippen molar-refractivity contribution in [3.63, 3.8) is 0 Å². The summed E-state index contributed by atoms with van der Waals surface area (Å²) in [5.41, 5.74) is 0.349. The second-order valence-electron chi connectivity index (χ2n) is 5.67. The minimum absolute atomic E-state index is 0.0824. The zero-order chi connectivity index (χ0) is 18.7. The topological polar surface area (TPSA) is 87.7 Å². The third-order valence-electron chi connectivity index (χ3n) is 3.96. The van der Waals surface area contributed by atoms with Crippen LogP contribution in [0.1, 0.15) is 17.3 Å². The van der Waals surface area contributed by atoms with Gasteiger partial charge in [-0.25, -0.2) is 4.39 Å². The number of thiophene rings is 1. The SMILES string of the molecule is O=C(Nc1ccc(F)c(Cl)c1)C1CC(c2cccs2)N[S+]([O-])N1CCO. The number of aliphatic hydroxyl groups excluding tert-OH is 1. The zero-order valence-electron chi connectivity index (χ0n) is 13.5. The van der Waals surface area contributed by atoms with Crippen LogP contribution in [0.2, 0.25) is 5.02 Å². The van der Waals surface area contributed by atoms with Gasteiger partial charge in [-0.1, -0.05) is 22.0 Å². The van der Waals surface area contributed by atoms with E-state index in [4.69, 9.17) is 11.6 Å². The highest BCUT2D eigenvalue weighted by Gasteiger charge is 2.43. The summed E-state index contributed by atoms with van der Waals surface area (Å²) in [6, 6.07) is 6.73. The summed E-state index contributed by atoms with van der Waals surface area (Å²) in [5.74, 6) is -0.968. The van der Waals surface area contributed by atoms with Crippen LogP contribution in [-0.4, -0.2) is 39.1 Å². The monoisotopic (exact) mass is 417 g/mol. The number of aliphatic hydroxyl groups is 1. The fourth-order valence-electron chi connectivity index (χ4n) is 2.73. The van der Waals surface area contributed by atoms with Gasteiger partial charge in [-0.3, -0.25) is 4.79 Å². The largest absolute Gasteiger partial charge is 0.579 e. The van der Waals surface area contributed by atoms with Crippen LogP contribution in [0.15, 0.2) is 35.7 Å². The molecule has 1 aromatic heterocycles. The van der Waals surface area contributed by atoms with Crippen LogP contribution in [0, 0.1) is 5.82 Å². The maximum atomic E-state index is 13.3. The van der Waals surface area contributed by atoms with E-state index in [9.17, 15) is 18.8 Å². The number of benzene rings is 1. The fourth-order valence-corrected chi connectivity index (χ4v) is 5.04. The molecule has 1 saturated heterocycles. The summed E-state index contributed by atoms with van der Waals surface area (Å²) in [6.07, 6.45) is 0.382. The second-order valence-corrected chi connectivity index (χ2v) is 8.26. The molecular formula is C16H17ClFN3O3S2. The van der Waals surface area contributed by atoms with Gasteiger partial charge in [0.25, 0.3) is 0 Å². The number of amides is 1. The summed E-state index contributed by atoms with van der Waals surface area (Å²) in [6.45, 7) is -0.151. The molecule has 2 aromatic rings. The Kier molecular flexibility index (Phi) is 6.51. The Balaban J connectivity index is 1.79. The number of hydrogen-bond donors (Lipinski definition) is 3. The molecule has 0 spiro atoms. The third-order valence-corrected chi connectivity index (χ3v) is 6.58. The van der Waals surface area contributed by atoms with Gasteiger partial charge in [0.05, 0.1) is 24.2 Å². The molecule has 3 rings (SSSR count). The molecule has 1 aromatic carbocycles. The highest BCUT2D eigenvalue weighted by molar-refractivity contribution is 7.87. The molecule has 3 unspecified atom stereocenters. The smallest absolute Gasteiger partial charge is 0.246 e. The van der Waals surface area contributed by atoms with E-state index < -0.39 is 29.3 Å². The van der Waals surface area contributed by atoms with Crippen molar-refractivity contribution in [3.8, 4) is 0 Å². The zero-order valence-corrected chi connectivity index (χ0v) is 15.9. The number of carbonyl (C=O) groups excluding carboxylic acids is 1. The number of halogens is 2. The summed E-state index contributed by atoms with van der Waals surface area (Å²) in [4.78, 5) is 13.8. The molecule has 10 heteroatoms. The molecule has 0 bridgehead atoms. The molecule has 2 heterocycles. The first-order valence-corrected chi connectivity index (χ1v) is 10.2. The van der Waals surface area contributed by atoms with Crippen LogP contribution in [0.25, 0.3) is 0 Å². The van der Waals surface area contributed by atoms with Gasteiger partial charge < -0.3 is 15.0 Å². The average molecular weight is 418 g/mol. The van der Waals surface area contributed by atoms with Gasteiger partial charge in [-0.2, -0.15) is 0 Å². The molecule has 1 fully saturated rings. The third kappa shape index (κ3) is 4.37. The highest BCUT2D eigenvalue weighted by atomic mass is 35.5. The normalized spacial score (nSPS) is 23.8. The van der Waals surface area contributed by atoms with Crippen molar-refractivity contribution in [1.29, 1.82) is 0 Å². The minimum atomic E-state index is -1.63. The lowest BCUT2D eigenvalue weighted by Gasteiger charge is -2.37. The van der Waals surface area contributed by atoms with Gasteiger partial charge in [-0.05, 0) is 29.6 Å². The van der Waals surface area contributed by atoms with Crippen LogP contribution < -0.4 is 10.0 Å². The van der Waals surface area contributed by atoms with Gasteiger partial charge in [0.2, 0.25) is 5.91 Å². The highest BCUT2D eigenvalue weighted by Crippen LogP contribution is 2.31. The molecule has 140 valence electrons. The maximum Gasteiger partial charge on any atom is 0.246 e. The predicted molar refractivity (Wildman–Crippen MR) is 101 cm³/mol. The Morgan fingerprint density at radius 1 is 1.54 bits per heavy atom. The van der Waals surface area contributed by atoms with Crippen molar-refractivity contribution < 1.29 is 18.8 Å². The van der Waals surface area contributed by atoms with Crippen LogP contribution in [0.3, 0.4) is 0 Å². The van der Waals surface area contributed by atoms with Gasteiger partial charge in [0, 0.05) is 17.0 Å². The van der Waals surface area contributed by atoms with Crippen molar-refractivity contribution in [2.45, 2.75) is 18.5 Å². The summed E-state index contributed by atoms with van der Waals surface area (Å²) < 4.78 is 30.2. The number of β-amino-alcohol motifs (C(OH)–C–C–N with tert-alkyl or cyclic N) is 1. The van der Waals surface area contributed by atoms with E-state index in [-0.39, 0.29) is 24.2 Å². The van der Waals surface area contributed by atoms with E-state index in [2.05, 4.69) is 10.0 Å². The van der Waals surface area contributed by atoms with Crippen LogP contribution in [0.5, 0.6) is 0 Å². The molecule has 3 atom stereocenters. The Labute approximate surface area is 162 Å². The van der Waals surface area contributed by atoms with Gasteiger partial charge in [-0.15, -0.1) is 16.1 Å². The number of rotatable bonds is 5. The molecular weight excluding hydrogens is 401 g/mol. The van der Waals surface area contributed by atoms with E-state index in [1.807, 2.05) is 17.5 Å². The molecule has 6 nitrogen and oxygen atoms in total. The van der Waals surface area contributed by atoms with E-state index >= 15 is 0 Å². The minimum Gasteiger partial charge on any atom is -0.579 e. The Morgan fingerprint density at radius 2 is 2.35 bits per heavy atom. The lowest BCUT2D eigenvalue weighted by Crippen LogP contribution is -2.58. The molecule has 3 N–H and O–H groups in total. The van der Waals surface area contributed by atoms with E-state index in [0.717, 1.165) is 4.88 Å². The first kappa shape index (κ1) is 19.6. The number of anilines is 1. The number of carbonyl (C=O) groups is 1. The van der Waals surface area contributed by atoms with Crippen LogP contribution in [0.4, 0.5) is 10.1 Å². The Bertz CT molecular complexity index is 765. The molecule has 1 aliphatic heterocycles. The van der Waals surface area contributed by atoms with Crippen LogP contribution in [-0.2, 0) is 16.3 Å². The fraction of sp³-hybridized carbons (Fsp3) is 0.312. The van der Waals surface area contributed by atoms with Crippen molar-refractivity contribution in [2.75, 3.05) is 18.5 Å². The van der Waals surface area contributed by atoms with Gasteiger partial charge in [0.15, 0.2) is 0 Å².